The first-order valence-corrected chi connectivity index (χ1v) is 10.5. The number of fused-ring (bicyclic) bond motifs is 1. The summed E-state index contributed by atoms with van der Waals surface area (Å²) in [7, 11) is 0. The van der Waals surface area contributed by atoms with Crippen LogP contribution in [0.3, 0.4) is 0 Å². The Labute approximate surface area is 174 Å². The number of rotatable bonds is 4. The first-order chi connectivity index (χ1) is 13.9. The number of carbonyl (C=O) groups is 2. The van der Waals surface area contributed by atoms with Gasteiger partial charge < -0.3 is 10.2 Å². The molecular formula is C23H23N3O2S. The van der Waals surface area contributed by atoms with Crippen molar-refractivity contribution in [1.29, 1.82) is 0 Å². The van der Waals surface area contributed by atoms with Gasteiger partial charge in [0.1, 0.15) is 0 Å². The van der Waals surface area contributed by atoms with Crippen LogP contribution >= 0.6 is 11.3 Å². The number of aryl methyl sites for hydroxylation is 1. The normalized spacial score (nSPS) is 15.3. The van der Waals surface area contributed by atoms with Crippen LogP contribution in [0, 0.1) is 6.92 Å². The fraction of sp³-hybridized carbons (Fsp3) is 0.261. The van der Waals surface area contributed by atoms with Gasteiger partial charge in [-0.2, -0.15) is 0 Å². The number of benzene rings is 2. The van der Waals surface area contributed by atoms with E-state index in [0.29, 0.717) is 11.6 Å². The van der Waals surface area contributed by atoms with Crippen molar-refractivity contribution < 1.29 is 9.59 Å². The van der Waals surface area contributed by atoms with E-state index >= 15 is 0 Å². The second kappa shape index (κ2) is 7.79. The Bertz CT molecular complexity index is 1070. The number of nitrogens with one attached hydrogen (secondary N) is 1. The largest absolute Gasteiger partial charge is 0.309 e. The maximum Gasteiger partial charge on any atom is 0.230 e. The zero-order chi connectivity index (χ0) is 20.5. The van der Waals surface area contributed by atoms with Crippen LogP contribution in [0.4, 0.5) is 10.8 Å². The molecule has 1 atom stereocenters. The molecule has 3 aromatic rings. The van der Waals surface area contributed by atoms with Crippen LogP contribution in [0.15, 0.2) is 48.5 Å². The fourth-order valence-corrected chi connectivity index (χ4v) is 4.77. The van der Waals surface area contributed by atoms with Gasteiger partial charge in [0.25, 0.3) is 0 Å². The minimum absolute atomic E-state index is 0.0669. The lowest BCUT2D eigenvalue weighted by atomic mass is 10.0. The molecule has 1 aromatic heterocycles. The number of nitrogens with zero attached hydrogens (tertiary/aromatic N) is 2. The maximum atomic E-state index is 12.3. The molecule has 1 aliphatic heterocycles. The molecule has 0 saturated carbocycles. The lowest BCUT2D eigenvalue weighted by Crippen LogP contribution is -2.33. The lowest BCUT2D eigenvalue weighted by Gasteiger charge is -2.20. The molecule has 0 bridgehead atoms. The summed E-state index contributed by atoms with van der Waals surface area (Å²) in [5.74, 6) is -0.00590. The Kier molecular flexibility index (Phi) is 5.20. The van der Waals surface area contributed by atoms with Crippen molar-refractivity contribution in [3.63, 3.8) is 0 Å². The van der Waals surface area contributed by atoms with Crippen LogP contribution < -0.4 is 10.2 Å². The van der Waals surface area contributed by atoms with E-state index in [4.69, 9.17) is 0 Å². The van der Waals surface area contributed by atoms with Gasteiger partial charge in [0.15, 0.2) is 5.13 Å². The van der Waals surface area contributed by atoms with Gasteiger partial charge in [-0.3, -0.25) is 9.59 Å². The quantitative estimate of drug-likeness (QED) is 0.690. The first kappa shape index (κ1) is 19.3. The predicted molar refractivity (Wildman–Crippen MR) is 117 cm³/mol. The van der Waals surface area contributed by atoms with Gasteiger partial charge in [0, 0.05) is 29.1 Å². The maximum absolute atomic E-state index is 12.3. The second-order valence-electron chi connectivity index (χ2n) is 7.42. The second-order valence-corrected chi connectivity index (χ2v) is 8.62. The summed E-state index contributed by atoms with van der Waals surface area (Å²) in [6.45, 7) is 5.68. The van der Waals surface area contributed by atoms with Crippen molar-refractivity contribution in [3.8, 4) is 11.3 Å². The lowest BCUT2D eigenvalue weighted by molar-refractivity contribution is -0.117. The van der Waals surface area contributed by atoms with Crippen molar-refractivity contribution in [2.75, 3.05) is 10.2 Å². The number of amides is 2. The van der Waals surface area contributed by atoms with Gasteiger partial charge in [-0.05, 0) is 43.5 Å². The monoisotopic (exact) mass is 405 g/mol. The minimum Gasteiger partial charge on any atom is -0.309 e. The first-order valence-electron chi connectivity index (χ1n) is 9.66. The molecule has 6 heteroatoms. The van der Waals surface area contributed by atoms with E-state index in [9.17, 15) is 9.59 Å². The Morgan fingerprint density at radius 2 is 1.97 bits per heavy atom. The summed E-state index contributed by atoms with van der Waals surface area (Å²) in [5, 5.41) is 3.53. The number of hydrogen-bond acceptors (Lipinski definition) is 4. The predicted octanol–water partition coefficient (Wildman–Crippen LogP) is 4.60. The van der Waals surface area contributed by atoms with Gasteiger partial charge in [-0.15, -0.1) is 11.3 Å². The average Bonchev–Trinajstić information content (AvgIpc) is 3.20. The summed E-state index contributed by atoms with van der Waals surface area (Å²) in [5.41, 5.74) is 5.01. The van der Waals surface area contributed by atoms with Crippen LogP contribution in [0.25, 0.3) is 11.3 Å². The van der Waals surface area contributed by atoms with Crippen LogP contribution in [0.5, 0.6) is 0 Å². The number of thiazole rings is 1. The standard InChI is InChI=1S/C23H23N3O2S/c1-14-11-19-13-18(9-10-20(19)26(14)16(3)27)22-15(2)29-23(25-22)24-21(28)12-17-7-5-4-6-8-17/h4-10,13-14H,11-12H2,1-3H3,(H,24,25,28)/t14-/m1/s1. The molecule has 2 heterocycles. The van der Waals surface area contributed by atoms with Gasteiger partial charge in [0.2, 0.25) is 11.8 Å². The zero-order valence-electron chi connectivity index (χ0n) is 16.7. The molecule has 2 aromatic carbocycles. The number of anilines is 2. The summed E-state index contributed by atoms with van der Waals surface area (Å²) < 4.78 is 0. The number of hydrogen-bond donors (Lipinski definition) is 1. The van der Waals surface area contributed by atoms with E-state index in [1.165, 1.54) is 11.3 Å². The third kappa shape index (κ3) is 3.93. The minimum atomic E-state index is -0.0728. The van der Waals surface area contributed by atoms with Crippen molar-refractivity contribution in [2.45, 2.75) is 39.7 Å². The summed E-state index contributed by atoms with van der Waals surface area (Å²) in [6.07, 6.45) is 1.17. The van der Waals surface area contributed by atoms with E-state index in [0.717, 1.165) is 39.4 Å². The SMILES string of the molecule is CC(=O)N1c2ccc(-c3nc(NC(=O)Cc4ccccc4)sc3C)cc2C[C@H]1C. The van der Waals surface area contributed by atoms with Gasteiger partial charge >= 0.3 is 0 Å². The molecule has 0 unspecified atom stereocenters. The Balaban J connectivity index is 1.54. The number of aromatic nitrogens is 1. The molecule has 0 radical (unpaired) electrons. The van der Waals surface area contributed by atoms with E-state index < -0.39 is 0 Å². The van der Waals surface area contributed by atoms with Crippen molar-refractivity contribution >= 4 is 34.0 Å². The van der Waals surface area contributed by atoms with E-state index in [1.807, 2.05) is 54.3 Å². The molecule has 0 aliphatic carbocycles. The zero-order valence-corrected chi connectivity index (χ0v) is 17.5. The van der Waals surface area contributed by atoms with Gasteiger partial charge in [-0.1, -0.05) is 36.4 Å². The highest BCUT2D eigenvalue weighted by Crippen LogP contribution is 2.37. The molecule has 5 nitrogen and oxygen atoms in total. The molecular weight excluding hydrogens is 382 g/mol. The molecule has 29 heavy (non-hydrogen) atoms. The topological polar surface area (TPSA) is 62.3 Å². The summed E-state index contributed by atoms with van der Waals surface area (Å²) in [6, 6.07) is 16.0. The van der Waals surface area contributed by atoms with Crippen LogP contribution in [-0.2, 0) is 22.4 Å². The van der Waals surface area contributed by atoms with Crippen molar-refractivity contribution in [1.82, 2.24) is 4.98 Å². The van der Waals surface area contributed by atoms with Crippen LogP contribution in [0.1, 0.15) is 29.9 Å². The van der Waals surface area contributed by atoms with Gasteiger partial charge in [-0.25, -0.2) is 4.98 Å². The number of carbonyl (C=O) groups excluding carboxylic acids is 2. The Morgan fingerprint density at radius 3 is 2.69 bits per heavy atom. The Hall–Kier alpha value is -2.99. The molecule has 0 saturated heterocycles. The molecule has 0 fully saturated rings. The highest BCUT2D eigenvalue weighted by atomic mass is 32.1. The van der Waals surface area contributed by atoms with Crippen molar-refractivity contribution in [2.24, 2.45) is 0 Å². The van der Waals surface area contributed by atoms with Crippen molar-refractivity contribution in [3.05, 3.63) is 64.5 Å². The Morgan fingerprint density at radius 1 is 1.21 bits per heavy atom. The smallest absolute Gasteiger partial charge is 0.230 e. The third-order valence-electron chi connectivity index (χ3n) is 5.16. The average molecular weight is 406 g/mol. The summed E-state index contributed by atoms with van der Waals surface area (Å²) >= 11 is 1.48. The molecule has 1 aliphatic rings. The fourth-order valence-electron chi connectivity index (χ4n) is 3.92. The van der Waals surface area contributed by atoms with Gasteiger partial charge in [0.05, 0.1) is 12.1 Å². The third-order valence-corrected chi connectivity index (χ3v) is 6.04. The van der Waals surface area contributed by atoms with E-state index in [-0.39, 0.29) is 17.9 Å². The van der Waals surface area contributed by atoms with E-state index in [2.05, 4.69) is 23.3 Å². The summed E-state index contributed by atoms with van der Waals surface area (Å²) in [4.78, 5) is 31.9. The molecule has 4 rings (SSSR count). The molecule has 1 N–H and O–H groups in total. The highest BCUT2D eigenvalue weighted by Gasteiger charge is 2.29. The van der Waals surface area contributed by atoms with E-state index in [1.54, 1.807) is 6.92 Å². The molecule has 148 valence electrons. The molecule has 2 amide bonds. The van der Waals surface area contributed by atoms with Crippen LogP contribution in [-0.4, -0.2) is 22.8 Å². The molecule has 0 spiro atoms. The van der Waals surface area contributed by atoms with Crippen LogP contribution in [0.2, 0.25) is 0 Å². The highest BCUT2D eigenvalue weighted by molar-refractivity contribution is 7.16.